The van der Waals surface area contributed by atoms with E-state index >= 15 is 0 Å². The van der Waals surface area contributed by atoms with E-state index in [2.05, 4.69) is 10.6 Å². The molecule has 0 heterocycles. The Morgan fingerprint density at radius 1 is 1.26 bits per heavy atom. The number of hydrogen-bond donors (Lipinski definition) is 2. The Morgan fingerprint density at radius 2 is 1.96 bits per heavy atom. The van der Waals surface area contributed by atoms with Crippen molar-refractivity contribution in [2.24, 2.45) is 0 Å². The van der Waals surface area contributed by atoms with Gasteiger partial charge in [0, 0.05) is 18.8 Å². The molecule has 0 atom stereocenters. The number of methoxy groups -OCH3 is 1. The molecular weight excluding hydrogens is 348 g/mol. The van der Waals surface area contributed by atoms with Crippen LogP contribution in [0.25, 0.3) is 0 Å². The second-order valence-corrected chi connectivity index (χ2v) is 5.45. The maximum absolute atomic E-state index is 12.2. The maximum Gasteiger partial charge on any atom is 0.292 e. The van der Waals surface area contributed by atoms with Gasteiger partial charge in [-0.15, -0.1) is 0 Å². The zero-order chi connectivity index (χ0) is 19.6. The SMILES string of the molecule is COc1ccc(CCN/C=C(/C#N)C(=O)Nc2ccccc2[N+](=O)[O-])cc1. The summed E-state index contributed by atoms with van der Waals surface area (Å²) in [5.74, 6) is 0.0498. The maximum atomic E-state index is 12.2. The largest absolute Gasteiger partial charge is 0.497 e. The number of carbonyl (C=O) groups excluding carboxylic acids is 1. The van der Waals surface area contributed by atoms with E-state index in [1.807, 2.05) is 24.3 Å². The molecule has 138 valence electrons. The quantitative estimate of drug-likeness (QED) is 0.244. The molecule has 2 N–H and O–H groups in total. The van der Waals surface area contributed by atoms with Crippen LogP contribution < -0.4 is 15.4 Å². The van der Waals surface area contributed by atoms with Gasteiger partial charge in [-0.2, -0.15) is 5.26 Å². The Hall–Kier alpha value is -3.86. The predicted octanol–water partition coefficient (Wildman–Crippen LogP) is 2.78. The number of anilines is 1. The Kier molecular flexibility index (Phi) is 6.91. The van der Waals surface area contributed by atoms with Crippen molar-refractivity contribution < 1.29 is 14.5 Å². The first-order valence-corrected chi connectivity index (χ1v) is 8.06. The lowest BCUT2D eigenvalue weighted by Gasteiger charge is -2.06. The minimum absolute atomic E-state index is 0.0342. The van der Waals surface area contributed by atoms with Gasteiger partial charge in [-0.05, 0) is 30.2 Å². The van der Waals surface area contributed by atoms with Crippen LogP contribution in [0.1, 0.15) is 5.56 Å². The number of para-hydroxylation sites is 2. The minimum Gasteiger partial charge on any atom is -0.497 e. The van der Waals surface area contributed by atoms with Gasteiger partial charge in [0.25, 0.3) is 11.6 Å². The van der Waals surface area contributed by atoms with Crippen molar-refractivity contribution in [1.29, 1.82) is 5.26 Å². The molecule has 2 aromatic rings. The van der Waals surface area contributed by atoms with Crippen LogP contribution in [-0.4, -0.2) is 24.5 Å². The number of ether oxygens (including phenoxy) is 1. The minimum atomic E-state index is -0.719. The lowest BCUT2D eigenvalue weighted by Crippen LogP contribution is -2.18. The highest BCUT2D eigenvalue weighted by Gasteiger charge is 2.16. The number of hydrogen-bond acceptors (Lipinski definition) is 6. The van der Waals surface area contributed by atoms with Gasteiger partial charge >= 0.3 is 0 Å². The first-order chi connectivity index (χ1) is 13.0. The number of nitro benzene ring substituents is 1. The van der Waals surface area contributed by atoms with Crippen molar-refractivity contribution in [1.82, 2.24) is 5.32 Å². The summed E-state index contributed by atoms with van der Waals surface area (Å²) in [5, 5.41) is 25.4. The second-order valence-electron chi connectivity index (χ2n) is 5.45. The molecule has 8 nitrogen and oxygen atoms in total. The number of amides is 1. The van der Waals surface area contributed by atoms with Gasteiger partial charge in [-0.3, -0.25) is 14.9 Å². The van der Waals surface area contributed by atoms with Crippen LogP contribution >= 0.6 is 0 Å². The van der Waals surface area contributed by atoms with Crippen LogP contribution in [0.15, 0.2) is 60.3 Å². The highest BCUT2D eigenvalue weighted by molar-refractivity contribution is 6.07. The molecule has 0 saturated carbocycles. The average Bonchev–Trinajstić information content (AvgIpc) is 2.68. The van der Waals surface area contributed by atoms with E-state index < -0.39 is 10.8 Å². The van der Waals surface area contributed by atoms with Crippen LogP contribution in [0.2, 0.25) is 0 Å². The Labute approximate surface area is 156 Å². The fraction of sp³-hybridized carbons (Fsp3) is 0.158. The first-order valence-electron chi connectivity index (χ1n) is 8.06. The third-order valence-corrected chi connectivity index (χ3v) is 3.68. The molecular formula is C19H18N4O4. The number of nitrogens with zero attached hydrogens (tertiary/aromatic N) is 2. The fourth-order valence-electron chi connectivity index (χ4n) is 2.26. The molecule has 0 aliphatic carbocycles. The molecule has 0 bridgehead atoms. The molecule has 0 radical (unpaired) electrons. The first kappa shape index (κ1) is 19.5. The van der Waals surface area contributed by atoms with E-state index in [0.717, 1.165) is 11.3 Å². The molecule has 0 fully saturated rings. The molecule has 0 aliphatic heterocycles. The van der Waals surface area contributed by atoms with Crippen molar-refractivity contribution in [2.45, 2.75) is 6.42 Å². The van der Waals surface area contributed by atoms with Crippen LogP contribution in [-0.2, 0) is 11.2 Å². The summed E-state index contributed by atoms with van der Waals surface area (Å²) in [6.07, 6.45) is 1.98. The third kappa shape index (κ3) is 5.57. The van der Waals surface area contributed by atoms with E-state index in [9.17, 15) is 14.9 Å². The molecule has 0 unspecified atom stereocenters. The molecule has 27 heavy (non-hydrogen) atoms. The van der Waals surface area contributed by atoms with E-state index in [4.69, 9.17) is 10.00 Å². The molecule has 0 saturated heterocycles. The van der Waals surface area contributed by atoms with E-state index in [1.165, 1.54) is 24.4 Å². The molecule has 8 heteroatoms. The molecule has 2 aromatic carbocycles. The fourth-order valence-corrected chi connectivity index (χ4v) is 2.26. The topological polar surface area (TPSA) is 117 Å². The summed E-state index contributed by atoms with van der Waals surface area (Å²) < 4.78 is 5.09. The predicted molar refractivity (Wildman–Crippen MR) is 100 cm³/mol. The summed E-state index contributed by atoms with van der Waals surface area (Å²) in [6.45, 7) is 0.510. The number of nitriles is 1. The van der Waals surface area contributed by atoms with Gasteiger partial charge in [-0.1, -0.05) is 24.3 Å². The highest BCUT2D eigenvalue weighted by Crippen LogP contribution is 2.23. The number of nitro groups is 1. The Balaban J connectivity index is 1.94. The summed E-state index contributed by atoms with van der Waals surface area (Å²) in [6, 6.07) is 15.1. The standard InChI is InChI=1S/C19H18N4O4/c1-27-16-8-6-14(7-9-16)10-11-21-13-15(12-20)19(24)22-17-4-2-3-5-18(17)23(25)26/h2-9,13,21H,10-11H2,1H3,(H,22,24)/b15-13-. The average molecular weight is 366 g/mol. The number of benzene rings is 2. The summed E-state index contributed by atoms with van der Waals surface area (Å²) in [7, 11) is 1.60. The summed E-state index contributed by atoms with van der Waals surface area (Å²) >= 11 is 0. The monoisotopic (exact) mass is 366 g/mol. The van der Waals surface area contributed by atoms with Crippen molar-refractivity contribution in [3.8, 4) is 11.8 Å². The van der Waals surface area contributed by atoms with Crippen molar-refractivity contribution in [3.63, 3.8) is 0 Å². The lowest BCUT2D eigenvalue weighted by atomic mass is 10.1. The van der Waals surface area contributed by atoms with Gasteiger partial charge in [-0.25, -0.2) is 0 Å². The molecule has 0 aromatic heterocycles. The van der Waals surface area contributed by atoms with Crippen LogP contribution in [0.3, 0.4) is 0 Å². The van der Waals surface area contributed by atoms with Gasteiger partial charge in [0.1, 0.15) is 23.1 Å². The molecule has 0 aliphatic rings. The zero-order valence-corrected chi connectivity index (χ0v) is 14.6. The van der Waals surface area contributed by atoms with Gasteiger partial charge in [0.15, 0.2) is 0 Å². The van der Waals surface area contributed by atoms with Crippen molar-refractivity contribution in [2.75, 3.05) is 19.0 Å². The zero-order valence-electron chi connectivity index (χ0n) is 14.6. The van der Waals surface area contributed by atoms with Crippen LogP contribution in [0.4, 0.5) is 11.4 Å². The summed E-state index contributed by atoms with van der Waals surface area (Å²) in [4.78, 5) is 22.6. The Bertz CT molecular complexity index is 885. The van der Waals surface area contributed by atoms with Gasteiger partial charge in [0.2, 0.25) is 0 Å². The number of rotatable bonds is 8. The second kappa shape index (κ2) is 9.58. The number of nitrogens with one attached hydrogen (secondary N) is 2. The van der Waals surface area contributed by atoms with Gasteiger partial charge < -0.3 is 15.4 Å². The summed E-state index contributed by atoms with van der Waals surface area (Å²) in [5.41, 5.74) is 0.685. The highest BCUT2D eigenvalue weighted by atomic mass is 16.6. The van der Waals surface area contributed by atoms with Crippen LogP contribution in [0, 0.1) is 21.4 Å². The molecule has 0 spiro atoms. The molecule has 1 amide bonds. The van der Waals surface area contributed by atoms with Crippen LogP contribution in [0.5, 0.6) is 5.75 Å². The normalized spacial score (nSPS) is 10.6. The smallest absolute Gasteiger partial charge is 0.292 e. The van der Waals surface area contributed by atoms with E-state index in [0.29, 0.717) is 13.0 Å². The van der Waals surface area contributed by atoms with Crippen molar-refractivity contribution >= 4 is 17.3 Å². The van der Waals surface area contributed by atoms with Gasteiger partial charge in [0.05, 0.1) is 12.0 Å². The third-order valence-electron chi connectivity index (χ3n) is 3.68. The molecule has 2 rings (SSSR count). The lowest BCUT2D eigenvalue weighted by molar-refractivity contribution is -0.383. The van der Waals surface area contributed by atoms with E-state index in [-0.39, 0.29) is 16.9 Å². The van der Waals surface area contributed by atoms with Crippen molar-refractivity contribution in [3.05, 3.63) is 76.0 Å². The Morgan fingerprint density at radius 3 is 2.59 bits per heavy atom. The number of carbonyl (C=O) groups is 1. The van der Waals surface area contributed by atoms with E-state index in [1.54, 1.807) is 19.2 Å².